The molecule has 1 aromatic heterocycles. The first kappa shape index (κ1) is 9.92. The van der Waals surface area contributed by atoms with Crippen molar-refractivity contribution in [1.29, 1.82) is 0 Å². The Morgan fingerprint density at radius 1 is 1.77 bits per heavy atom. The fraction of sp³-hybridized carbons (Fsp3) is 0.333. The van der Waals surface area contributed by atoms with Crippen LogP contribution in [0.5, 0.6) is 5.06 Å². The average Bonchev–Trinajstić information content (AvgIpc) is 2.50. The van der Waals surface area contributed by atoms with Gasteiger partial charge in [-0.1, -0.05) is 24.8 Å². The van der Waals surface area contributed by atoms with E-state index in [1.54, 1.807) is 12.4 Å². The van der Waals surface area contributed by atoms with E-state index in [0.717, 1.165) is 5.69 Å². The largest absolute Gasteiger partial charge is 0.410 e. The van der Waals surface area contributed by atoms with E-state index in [2.05, 4.69) is 11.6 Å². The van der Waals surface area contributed by atoms with Gasteiger partial charge in [0.25, 0.3) is 0 Å². The molecule has 0 aromatic carbocycles. The minimum atomic E-state index is -0.366. The van der Waals surface area contributed by atoms with Crippen LogP contribution in [-0.2, 0) is 4.79 Å². The first-order chi connectivity index (χ1) is 6.15. The Morgan fingerprint density at radius 2 is 2.46 bits per heavy atom. The van der Waals surface area contributed by atoms with Crippen LogP contribution in [0.25, 0.3) is 0 Å². The molecule has 1 aromatic rings. The zero-order valence-electron chi connectivity index (χ0n) is 7.66. The molecule has 0 spiro atoms. The summed E-state index contributed by atoms with van der Waals surface area (Å²) >= 11 is 1.31. The highest BCUT2D eigenvalue weighted by Crippen LogP contribution is 2.22. The van der Waals surface area contributed by atoms with Gasteiger partial charge in [-0.25, -0.2) is 9.78 Å². The topological polar surface area (TPSA) is 39.2 Å². The number of aryl methyl sites for hydroxylation is 1. The van der Waals surface area contributed by atoms with Gasteiger partial charge in [-0.3, -0.25) is 0 Å². The van der Waals surface area contributed by atoms with E-state index < -0.39 is 0 Å². The molecule has 1 rings (SSSR count). The Balaban J connectivity index is 2.65. The van der Waals surface area contributed by atoms with E-state index >= 15 is 0 Å². The SMILES string of the molecule is C=C(CC)C(=O)Oc1scnc1C. The van der Waals surface area contributed by atoms with Gasteiger partial charge in [-0.15, -0.1) is 0 Å². The number of ether oxygens (including phenoxy) is 1. The number of thiazole rings is 1. The van der Waals surface area contributed by atoms with Crippen molar-refractivity contribution in [1.82, 2.24) is 4.98 Å². The zero-order chi connectivity index (χ0) is 9.84. The molecule has 4 heteroatoms. The van der Waals surface area contributed by atoms with Crippen LogP contribution in [0.15, 0.2) is 17.7 Å². The second kappa shape index (κ2) is 4.18. The van der Waals surface area contributed by atoms with Crippen LogP contribution in [-0.4, -0.2) is 11.0 Å². The molecule has 70 valence electrons. The van der Waals surface area contributed by atoms with Gasteiger partial charge in [-0.2, -0.15) is 0 Å². The van der Waals surface area contributed by atoms with E-state index in [4.69, 9.17) is 4.74 Å². The maximum atomic E-state index is 11.3. The summed E-state index contributed by atoms with van der Waals surface area (Å²) in [6, 6.07) is 0. The number of carbonyl (C=O) groups is 1. The van der Waals surface area contributed by atoms with Crippen molar-refractivity contribution in [2.45, 2.75) is 20.3 Å². The highest BCUT2D eigenvalue weighted by molar-refractivity contribution is 7.11. The molecule has 0 unspecified atom stereocenters. The molecule has 3 nitrogen and oxygen atoms in total. The van der Waals surface area contributed by atoms with Gasteiger partial charge in [0.1, 0.15) is 0 Å². The monoisotopic (exact) mass is 197 g/mol. The lowest BCUT2D eigenvalue weighted by atomic mass is 10.2. The zero-order valence-corrected chi connectivity index (χ0v) is 8.48. The van der Waals surface area contributed by atoms with E-state index in [1.807, 2.05) is 6.92 Å². The van der Waals surface area contributed by atoms with Gasteiger partial charge in [0.05, 0.1) is 11.2 Å². The Kier molecular flexibility index (Phi) is 3.19. The van der Waals surface area contributed by atoms with Gasteiger partial charge in [0.2, 0.25) is 5.06 Å². The molecule has 0 atom stereocenters. The summed E-state index contributed by atoms with van der Waals surface area (Å²) in [6.07, 6.45) is 0.608. The van der Waals surface area contributed by atoms with E-state index in [0.29, 0.717) is 17.1 Å². The van der Waals surface area contributed by atoms with Crippen LogP contribution in [0.1, 0.15) is 19.0 Å². The molecule has 1 heterocycles. The minimum absolute atomic E-state index is 0.366. The molecule has 0 aliphatic rings. The molecule has 0 N–H and O–H groups in total. The number of aromatic nitrogens is 1. The van der Waals surface area contributed by atoms with Gasteiger partial charge >= 0.3 is 5.97 Å². The Hall–Kier alpha value is -1.16. The van der Waals surface area contributed by atoms with Crippen molar-refractivity contribution >= 4 is 17.3 Å². The van der Waals surface area contributed by atoms with Gasteiger partial charge in [0.15, 0.2) is 0 Å². The smallest absolute Gasteiger partial charge is 0.339 e. The minimum Gasteiger partial charge on any atom is -0.410 e. The summed E-state index contributed by atoms with van der Waals surface area (Å²) in [5, 5.41) is 0.555. The predicted molar refractivity (Wildman–Crippen MR) is 51.9 cm³/mol. The molecule has 0 aliphatic heterocycles. The van der Waals surface area contributed by atoms with Crippen LogP contribution in [0, 0.1) is 6.92 Å². The molecular weight excluding hydrogens is 186 g/mol. The van der Waals surface area contributed by atoms with Crippen molar-refractivity contribution in [3.05, 3.63) is 23.4 Å². The van der Waals surface area contributed by atoms with Crippen molar-refractivity contribution < 1.29 is 9.53 Å². The molecule has 0 amide bonds. The lowest BCUT2D eigenvalue weighted by molar-refractivity contribution is -0.130. The normalized spacial score (nSPS) is 9.69. The quantitative estimate of drug-likeness (QED) is 0.551. The Morgan fingerprint density at radius 3 is 2.92 bits per heavy atom. The van der Waals surface area contributed by atoms with E-state index in [-0.39, 0.29) is 5.97 Å². The third kappa shape index (κ3) is 2.39. The van der Waals surface area contributed by atoms with Crippen molar-refractivity contribution in [3.8, 4) is 5.06 Å². The summed E-state index contributed by atoms with van der Waals surface area (Å²) in [5.41, 5.74) is 2.86. The Bertz CT molecular complexity index is 330. The summed E-state index contributed by atoms with van der Waals surface area (Å²) in [4.78, 5) is 15.2. The molecular formula is C9H11NO2S. The van der Waals surface area contributed by atoms with Crippen molar-refractivity contribution in [2.75, 3.05) is 0 Å². The van der Waals surface area contributed by atoms with Gasteiger partial charge in [0, 0.05) is 5.57 Å². The summed E-state index contributed by atoms with van der Waals surface area (Å²) in [5.74, 6) is -0.366. The molecule has 0 saturated carbocycles. The fourth-order valence-electron chi connectivity index (χ4n) is 0.690. The summed E-state index contributed by atoms with van der Waals surface area (Å²) in [6.45, 7) is 7.26. The lowest BCUT2D eigenvalue weighted by Gasteiger charge is -2.01. The van der Waals surface area contributed by atoms with E-state index in [1.165, 1.54) is 11.3 Å². The number of rotatable bonds is 3. The van der Waals surface area contributed by atoms with Crippen LogP contribution in [0.4, 0.5) is 0 Å². The summed E-state index contributed by atoms with van der Waals surface area (Å²) in [7, 11) is 0. The summed E-state index contributed by atoms with van der Waals surface area (Å²) < 4.78 is 5.06. The lowest BCUT2D eigenvalue weighted by Crippen LogP contribution is -2.09. The average molecular weight is 197 g/mol. The Labute approximate surface area is 81.1 Å². The van der Waals surface area contributed by atoms with Crippen LogP contribution in [0.2, 0.25) is 0 Å². The standard InChI is InChI=1S/C9H11NO2S/c1-4-6(2)8(11)12-9-7(3)10-5-13-9/h5H,2,4H2,1,3H3. The van der Waals surface area contributed by atoms with Crippen molar-refractivity contribution in [2.24, 2.45) is 0 Å². The number of hydrogen-bond acceptors (Lipinski definition) is 4. The number of esters is 1. The third-order valence-electron chi connectivity index (χ3n) is 1.60. The molecule has 0 saturated heterocycles. The second-order valence-electron chi connectivity index (χ2n) is 2.57. The number of carbonyl (C=O) groups excluding carboxylic acids is 1. The second-order valence-corrected chi connectivity index (χ2v) is 3.39. The fourth-order valence-corrected chi connectivity index (χ4v) is 1.34. The molecule has 0 radical (unpaired) electrons. The molecule has 0 bridgehead atoms. The van der Waals surface area contributed by atoms with E-state index in [9.17, 15) is 4.79 Å². The molecule has 13 heavy (non-hydrogen) atoms. The van der Waals surface area contributed by atoms with Crippen LogP contribution in [0.3, 0.4) is 0 Å². The highest BCUT2D eigenvalue weighted by atomic mass is 32.1. The first-order valence-electron chi connectivity index (χ1n) is 3.95. The van der Waals surface area contributed by atoms with Crippen LogP contribution >= 0.6 is 11.3 Å². The maximum absolute atomic E-state index is 11.3. The molecule has 0 aliphatic carbocycles. The third-order valence-corrected chi connectivity index (χ3v) is 2.41. The first-order valence-corrected chi connectivity index (χ1v) is 4.83. The highest BCUT2D eigenvalue weighted by Gasteiger charge is 2.10. The van der Waals surface area contributed by atoms with Crippen LogP contribution < -0.4 is 4.74 Å². The predicted octanol–water partition coefficient (Wildman–Crippen LogP) is 2.32. The maximum Gasteiger partial charge on any atom is 0.339 e. The number of hydrogen-bond donors (Lipinski definition) is 0. The van der Waals surface area contributed by atoms with Gasteiger partial charge < -0.3 is 4.74 Å². The van der Waals surface area contributed by atoms with Crippen molar-refractivity contribution in [3.63, 3.8) is 0 Å². The number of nitrogens with zero attached hydrogens (tertiary/aromatic N) is 1. The van der Waals surface area contributed by atoms with Gasteiger partial charge in [-0.05, 0) is 13.3 Å². The molecule has 0 fully saturated rings.